The molecule has 0 amide bonds. The molecule has 0 bridgehead atoms. The van der Waals surface area contributed by atoms with Crippen LogP contribution in [0.3, 0.4) is 0 Å². The van der Waals surface area contributed by atoms with Crippen LogP contribution in [-0.4, -0.2) is 76.8 Å². The van der Waals surface area contributed by atoms with E-state index in [1.807, 2.05) is 0 Å². The summed E-state index contributed by atoms with van der Waals surface area (Å²) in [6.07, 6.45) is 3.34. The highest BCUT2D eigenvalue weighted by molar-refractivity contribution is 6.31. The quantitative estimate of drug-likeness (QED) is 0.584. The number of morpholine rings is 1. The van der Waals surface area contributed by atoms with Gasteiger partial charge in [-0.15, -0.1) is 0 Å². The molecule has 34 heavy (non-hydrogen) atoms. The molecule has 0 aliphatic carbocycles. The minimum absolute atomic E-state index is 0.0176. The van der Waals surface area contributed by atoms with Crippen molar-refractivity contribution in [3.05, 3.63) is 64.1 Å². The Balaban J connectivity index is 1.85. The molecule has 2 N–H and O–H groups in total. The lowest BCUT2D eigenvalue weighted by Crippen LogP contribution is -2.52. The summed E-state index contributed by atoms with van der Waals surface area (Å²) >= 11 is 6.35. The zero-order valence-corrected chi connectivity index (χ0v) is 19.3. The predicted molar refractivity (Wildman–Crippen MR) is 120 cm³/mol. The van der Waals surface area contributed by atoms with E-state index >= 15 is 0 Å². The first-order valence-corrected chi connectivity index (χ1v) is 10.8. The molecule has 0 spiro atoms. The number of aliphatic imine (C=N–C) groups is 1. The average molecular weight is 492 g/mol. The molecule has 2 aromatic rings. The molecule has 0 radical (unpaired) electrons. The molecule has 180 valence electrons. The largest absolute Gasteiger partial charge is 0.480 e. The molecule has 2 aliphatic heterocycles. The van der Waals surface area contributed by atoms with Crippen molar-refractivity contribution in [2.45, 2.75) is 12.1 Å². The highest BCUT2D eigenvalue weighted by atomic mass is 35.5. The van der Waals surface area contributed by atoms with Crippen LogP contribution in [0, 0.1) is 5.82 Å². The lowest BCUT2D eigenvalue weighted by atomic mass is 9.95. The number of aryl methyl sites for hydroxylation is 1. The molecule has 1 fully saturated rings. The number of benzene rings is 1. The van der Waals surface area contributed by atoms with Crippen LogP contribution in [0.4, 0.5) is 4.39 Å². The molecule has 10 nitrogen and oxygen atoms in total. The highest BCUT2D eigenvalue weighted by Gasteiger charge is 2.37. The fourth-order valence-electron chi connectivity index (χ4n) is 3.98. The van der Waals surface area contributed by atoms with Gasteiger partial charge in [-0.3, -0.25) is 14.7 Å². The Morgan fingerprint density at radius 2 is 2.21 bits per heavy atom. The number of methoxy groups -OCH3 is 1. The first kappa shape index (κ1) is 23.9. The van der Waals surface area contributed by atoms with Crippen LogP contribution < -0.4 is 5.32 Å². The number of carboxylic acids is 1. The maximum absolute atomic E-state index is 13.8. The normalized spacial score (nSPS) is 21.1. The zero-order valence-electron chi connectivity index (χ0n) is 18.5. The van der Waals surface area contributed by atoms with Gasteiger partial charge < -0.3 is 24.5 Å². The smallest absolute Gasteiger partial charge is 0.338 e. The van der Waals surface area contributed by atoms with E-state index in [9.17, 15) is 19.1 Å². The van der Waals surface area contributed by atoms with Gasteiger partial charge in [0, 0.05) is 48.8 Å². The number of hydrogen-bond acceptors (Lipinski definition) is 8. The Morgan fingerprint density at radius 1 is 1.41 bits per heavy atom. The zero-order chi connectivity index (χ0) is 24.4. The van der Waals surface area contributed by atoms with E-state index in [2.05, 4.69) is 10.3 Å². The van der Waals surface area contributed by atoms with Gasteiger partial charge in [-0.05, 0) is 12.1 Å². The van der Waals surface area contributed by atoms with Crippen LogP contribution in [0.1, 0.15) is 17.4 Å². The number of carbonyl (C=O) groups is 2. The summed E-state index contributed by atoms with van der Waals surface area (Å²) in [4.78, 5) is 35.5. The SMILES string of the molecule is COC(=O)C1=C(CN2CCOC[C@H]2C(=O)O)NC(c2nccn2C)=N[C@H]1c1ccc(F)cc1Cl. The van der Waals surface area contributed by atoms with E-state index < -0.39 is 29.8 Å². The third kappa shape index (κ3) is 4.67. The van der Waals surface area contributed by atoms with Crippen molar-refractivity contribution in [2.75, 3.05) is 33.4 Å². The number of aromatic nitrogens is 2. The number of aliphatic carboxylic acids is 1. The van der Waals surface area contributed by atoms with E-state index in [0.717, 1.165) is 6.07 Å². The maximum Gasteiger partial charge on any atom is 0.338 e. The topological polar surface area (TPSA) is 118 Å². The fourth-order valence-corrected chi connectivity index (χ4v) is 4.25. The van der Waals surface area contributed by atoms with Crippen molar-refractivity contribution < 1.29 is 28.6 Å². The molecule has 1 saturated heterocycles. The summed E-state index contributed by atoms with van der Waals surface area (Å²) in [6.45, 7) is 0.777. The third-order valence-electron chi connectivity index (χ3n) is 5.71. The summed E-state index contributed by atoms with van der Waals surface area (Å²) in [5.41, 5.74) is 0.925. The van der Waals surface area contributed by atoms with E-state index in [1.165, 1.54) is 19.2 Å². The number of esters is 1. The Kier molecular flexibility index (Phi) is 6.96. The lowest BCUT2D eigenvalue weighted by molar-refractivity contribution is -0.149. The van der Waals surface area contributed by atoms with Gasteiger partial charge in [-0.1, -0.05) is 17.7 Å². The summed E-state index contributed by atoms with van der Waals surface area (Å²) in [6, 6.07) is 2.00. The molecular weight excluding hydrogens is 469 g/mol. The van der Waals surface area contributed by atoms with Crippen LogP contribution in [-0.2, 0) is 26.1 Å². The first-order valence-electron chi connectivity index (χ1n) is 10.4. The van der Waals surface area contributed by atoms with Gasteiger partial charge >= 0.3 is 11.9 Å². The van der Waals surface area contributed by atoms with E-state index in [0.29, 0.717) is 36.1 Å². The number of amidine groups is 1. The summed E-state index contributed by atoms with van der Waals surface area (Å²) in [5.74, 6) is -1.40. The standard InChI is InChI=1S/C22H23ClFN5O5/c1-28-6-5-25-20(28)19-26-15(10-29-7-8-34-11-16(29)21(30)31)17(22(32)33-2)18(27-19)13-4-3-12(24)9-14(13)23/h3-6,9,16,18H,7-8,10-11H2,1-2H3,(H,26,27)(H,30,31)/t16-,18-/m0/s1. The van der Waals surface area contributed by atoms with Crippen molar-refractivity contribution in [1.29, 1.82) is 0 Å². The maximum atomic E-state index is 13.8. The van der Waals surface area contributed by atoms with Gasteiger partial charge in [0.2, 0.25) is 0 Å². The number of rotatable bonds is 6. The number of nitrogens with one attached hydrogen (secondary N) is 1. The van der Waals surface area contributed by atoms with Gasteiger partial charge in [-0.25, -0.2) is 14.2 Å². The molecule has 0 saturated carbocycles. The van der Waals surface area contributed by atoms with Gasteiger partial charge in [0.1, 0.15) is 17.9 Å². The lowest BCUT2D eigenvalue weighted by Gasteiger charge is -2.35. The van der Waals surface area contributed by atoms with E-state index in [4.69, 9.17) is 26.1 Å². The van der Waals surface area contributed by atoms with Crippen LogP contribution >= 0.6 is 11.6 Å². The molecular formula is C22H23ClFN5O5. The van der Waals surface area contributed by atoms with Gasteiger partial charge in [0.15, 0.2) is 11.7 Å². The van der Waals surface area contributed by atoms with Crippen molar-refractivity contribution in [3.63, 3.8) is 0 Å². The van der Waals surface area contributed by atoms with Crippen molar-refractivity contribution in [3.8, 4) is 0 Å². The molecule has 2 atom stereocenters. The van der Waals surface area contributed by atoms with E-state index in [1.54, 1.807) is 28.9 Å². The number of carboxylic acid groups (broad SMARTS) is 1. The number of carbonyl (C=O) groups excluding carboxylic acids is 1. The van der Waals surface area contributed by atoms with Crippen LogP contribution in [0.5, 0.6) is 0 Å². The minimum Gasteiger partial charge on any atom is -0.480 e. The molecule has 0 unspecified atom stereocenters. The summed E-state index contributed by atoms with van der Waals surface area (Å²) < 4.78 is 25.9. The van der Waals surface area contributed by atoms with Crippen molar-refractivity contribution >= 4 is 29.4 Å². The van der Waals surface area contributed by atoms with Crippen LogP contribution in [0.2, 0.25) is 5.02 Å². The minimum atomic E-state index is -1.04. The molecule has 2 aliphatic rings. The molecule has 12 heteroatoms. The summed E-state index contributed by atoms with van der Waals surface area (Å²) in [7, 11) is 3.02. The molecule has 4 rings (SSSR count). The van der Waals surface area contributed by atoms with E-state index in [-0.39, 0.29) is 23.7 Å². The third-order valence-corrected chi connectivity index (χ3v) is 6.03. The number of hydrogen-bond donors (Lipinski definition) is 2. The molecule has 1 aromatic heterocycles. The molecule has 1 aromatic carbocycles. The second-order valence-corrected chi connectivity index (χ2v) is 8.22. The Morgan fingerprint density at radius 3 is 2.85 bits per heavy atom. The Hall–Kier alpha value is -3.28. The van der Waals surface area contributed by atoms with Gasteiger partial charge in [0.25, 0.3) is 0 Å². The number of nitrogens with zero attached hydrogens (tertiary/aromatic N) is 4. The fraction of sp³-hybridized carbons (Fsp3) is 0.364. The predicted octanol–water partition coefficient (Wildman–Crippen LogP) is 1.52. The van der Waals surface area contributed by atoms with Crippen molar-refractivity contribution in [1.82, 2.24) is 19.8 Å². The monoisotopic (exact) mass is 491 g/mol. The van der Waals surface area contributed by atoms with Gasteiger partial charge in [-0.2, -0.15) is 0 Å². The number of ether oxygens (including phenoxy) is 2. The average Bonchev–Trinajstić information content (AvgIpc) is 3.24. The van der Waals surface area contributed by atoms with Crippen LogP contribution in [0.25, 0.3) is 0 Å². The van der Waals surface area contributed by atoms with Crippen molar-refractivity contribution in [2.24, 2.45) is 12.0 Å². The Labute approximate surface area is 199 Å². The first-order chi connectivity index (χ1) is 16.3. The Bertz CT molecular complexity index is 1180. The highest BCUT2D eigenvalue weighted by Crippen LogP contribution is 2.36. The van der Waals surface area contributed by atoms with Gasteiger partial charge in [0.05, 0.1) is 25.9 Å². The van der Waals surface area contributed by atoms with Crippen LogP contribution in [0.15, 0.2) is 46.9 Å². The summed E-state index contributed by atoms with van der Waals surface area (Å²) in [5, 5.41) is 12.9. The molecule has 3 heterocycles. The second kappa shape index (κ2) is 9.92. The number of imidazole rings is 1. The number of halogens is 2. The second-order valence-electron chi connectivity index (χ2n) is 7.82.